The van der Waals surface area contributed by atoms with Crippen molar-refractivity contribution in [2.24, 2.45) is 0 Å². The monoisotopic (exact) mass is 253 g/mol. The lowest BCUT2D eigenvalue weighted by atomic mass is 9.88. The van der Waals surface area contributed by atoms with Gasteiger partial charge in [0.05, 0.1) is 0 Å². The summed E-state index contributed by atoms with van der Waals surface area (Å²) < 4.78 is 13.1. The fourth-order valence-corrected chi connectivity index (χ4v) is 2.21. The van der Waals surface area contributed by atoms with Gasteiger partial charge in [-0.05, 0) is 31.0 Å². The van der Waals surface area contributed by atoms with Crippen LogP contribution in [0.15, 0.2) is 24.3 Å². The summed E-state index contributed by atoms with van der Waals surface area (Å²) in [5.41, 5.74) is -0.489. The van der Waals surface area contributed by atoms with Crippen molar-refractivity contribution >= 4 is 11.7 Å². The van der Waals surface area contributed by atoms with Gasteiger partial charge < -0.3 is 10.4 Å². The predicted molar refractivity (Wildman–Crippen MR) is 70.2 cm³/mol. The maximum absolute atomic E-state index is 13.1. The molecular weight excluding hydrogens is 233 g/mol. The first kappa shape index (κ1) is 14.5. The summed E-state index contributed by atoms with van der Waals surface area (Å²) in [5, 5.41) is 12.5. The quantitative estimate of drug-likeness (QED) is 0.779. The zero-order valence-electron chi connectivity index (χ0n) is 10.9. The minimum atomic E-state index is -1.00. The van der Waals surface area contributed by atoms with Gasteiger partial charge in [0.25, 0.3) is 0 Å². The van der Waals surface area contributed by atoms with Gasteiger partial charge in [-0.2, -0.15) is 0 Å². The molecule has 0 fully saturated rings. The Balaban J connectivity index is 2.99. The van der Waals surface area contributed by atoms with E-state index in [4.69, 9.17) is 0 Å². The topological polar surface area (TPSA) is 49.3 Å². The molecule has 0 unspecified atom stereocenters. The third kappa shape index (κ3) is 3.45. The third-order valence-corrected chi connectivity index (χ3v) is 2.97. The van der Waals surface area contributed by atoms with Crippen LogP contribution in [0.25, 0.3) is 0 Å². The summed E-state index contributed by atoms with van der Waals surface area (Å²) in [4.78, 5) is 11.5. The number of nitrogens with one attached hydrogen (secondary N) is 1. The Morgan fingerprint density at radius 1 is 1.33 bits per heavy atom. The van der Waals surface area contributed by atoms with E-state index in [1.165, 1.54) is 12.1 Å². The fourth-order valence-electron chi connectivity index (χ4n) is 2.21. The summed E-state index contributed by atoms with van der Waals surface area (Å²) in [6.07, 6.45) is 2.56. The van der Waals surface area contributed by atoms with Crippen LogP contribution in [0.2, 0.25) is 0 Å². The number of hydrogen-bond acceptors (Lipinski definition) is 2. The first-order valence-electron chi connectivity index (χ1n) is 6.31. The van der Waals surface area contributed by atoms with Crippen molar-refractivity contribution in [2.45, 2.75) is 45.1 Å². The second-order valence-corrected chi connectivity index (χ2v) is 4.52. The molecule has 0 aliphatic heterocycles. The van der Waals surface area contributed by atoms with Gasteiger partial charge in [-0.25, -0.2) is 9.18 Å². The molecule has 3 nitrogen and oxygen atoms in total. The average molecular weight is 253 g/mol. The van der Waals surface area contributed by atoms with Gasteiger partial charge in [-0.1, -0.05) is 32.8 Å². The van der Waals surface area contributed by atoms with Gasteiger partial charge in [0.2, 0.25) is 0 Å². The van der Waals surface area contributed by atoms with Gasteiger partial charge in [-0.3, -0.25) is 0 Å². The summed E-state index contributed by atoms with van der Waals surface area (Å²) in [5.74, 6) is -1.25. The first-order chi connectivity index (χ1) is 8.54. The van der Waals surface area contributed by atoms with Gasteiger partial charge in [0, 0.05) is 5.69 Å². The second kappa shape index (κ2) is 6.38. The predicted octanol–water partition coefficient (Wildman–Crippen LogP) is 3.66. The van der Waals surface area contributed by atoms with Crippen LogP contribution >= 0.6 is 0 Å². The highest BCUT2D eigenvalue weighted by atomic mass is 19.1. The smallest absolute Gasteiger partial charge is 0.329 e. The van der Waals surface area contributed by atoms with E-state index in [9.17, 15) is 14.3 Å². The molecule has 0 aliphatic rings. The largest absolute Gasteiger partial charge is 0.480 e. The van der Waals surface area contributed by atoms with Crippen molar-refractivity contribution in [1.29, 1.82) is 0 Å². The zero-order valence-corrected chi connectivity index (χ0v) is 10.9. The number of carboxylic acid groups (broad SMARTS) is 1. The SMILES string of the molecule is CCCC(CCC)(Nc1cccc(F)c1)C(=O)O. The molecule has 0 aromatic heterocycles. The van der Waals surface area contributed by atoms with Crippen molar-refractivity contribution in [3.63, 3.8) is 0 Å². The van der Waals surface area contributed by atoms with Crippen molar-refractivity contribution in [3.05, 3.63) is 30.1 Å². The molecule has 0 atom stereocenters. The molecule has 4 heteroatoms. The summed E-state index contributed by atoms with van der Waals surface area (Å²) >= 11 is 0. The Hall–Kier alpha value is -1.58. The van der Waals surface area contributed by atoms with Crippen LogP contribution in [0.1, 0.15) is 39.5 Å². The molecular formula is C14H20FNO2. The van der Waals surface area contributed by atoms with Crippen LogP contribution < -0.4 is 5.32 Å². The second-order valence-electron chi connectivity index (χ2n) is 4.52. The number of aliphatic carboxylic acids is 1. The van der Waals surface area contributed by atoms with Crippen LogP contribution in [0.5, 0.6) is 0 Å². The Morgan fingerprint density at radius 3 is 2.39 bits per heavy atom. The van der Waals surface area contributed by atoms with E-state index in [0.717, 1.165) is 12.8 Å². The number of carboxylic acids is 1. The highest BCUT2D eigenvalue weighted by Crippen LogP contribution is 2.26. The average Bonchev–Trinajstić information content (AvgIpc) is 2.29. The van der Waals surface area contributed by atoms with Gasteiger partial charge in [0.1, 0.15) is 11.4 Å². The van der Waals surface area contributed by atoms with Crippen molar-refractivity contribution in [3.8, 4) is 0 Å². The third-order valence-electron chi connectivity index (χ3n) is 2.97. The maximum Gasteiger partial charge on any atom is 0.329 e. The van der Waals surface area contributed by atoms with E-state index in [-0.39, 0.29) is 5.82 Å². The van der Waals surface area contributed by atoms with Crippen molar-refractivity contribution in [1.82, 2.24) is 0 Å². The Labute approximate surface area is 107 Å². The first-order valence-corrected chi connectivity index (χ1v) is 6.31. The molecule has 2 N–H and O–H groups in total. The van der Waals surface area contributed by atoms with Crippen LogP contribution in [-0.2, 0) is 4.79 Å². The lowest BCUT2D eigenvalue weighted by molar-refractivity contribution is -0.142. The normalized spacial score (nSPS) is 11.3. The molecule has 100 valence electrons. The molecule has 0 saturated heterocycles. The number of carbonyl (C=O) groups is 1. The number of hydrogen-bond donors (Lipinski definition) is 2. The Bertz CT molecular complexity index is 401. The van der Waals surface area contributed by atoms with Crippen molar-refractivity contribution in [2.75, 3.05) is 5.32 Å². The van der Waals surface area contributed by atoms with Gasteiger partial charge in [0.15, 0.2) is 0 Å². The number of rotatable bonds is 7. The molecule has 1 rings (SSSR count). The molecule has 0 heterocycles. The number of halogens is 1. The minimum Gasteiger partial charge on any atom is -0.480 e. The van der Waals surface area contributed by atoms with Gasteiger partial charge in [-0.15, -0.1) is 0 Å². The number of anilines is 1. The fraction of sp³-hybridized carbons (Fsp3) is 0.500. The number of benzene rings is 1. The lowest BCUT2D eigenvalue weighted by Gasteiger charge is -2.31. The van der Waals surface area contributed by atoms with E-state index in [1.54, 1.807) is 12.1 Å². The molecule has 0 saturated carbocycles. The maximum atomic E-state index is 13.1. The molecule has 0 spiro atoms. The van der Waals surface area contributed by atoms with Crippen molar-refractivity contribution < 1.29 is 14.3 Å². The molecule has 1 aromatic carbocycles. The van der Waals surface area contributed by atoms with E-state index < -0.39 is 11.5 Å². The molecule has 18 heavy (non-hydrogen) atoms. The standard InChI is InChI=1S/C14H20FNO2/c1-3-8-14(9-4-2,13(17)18)16-12-7-5-6-11(15)10-12/h5-7,10,16H,3-4,8-9H2,1-2H3,(H,17,18). The van der Waals surface area contributed by atoms with Crippen LogP contribution in [0, 0.1) is 5.82 Å². The highest BCUT2D eigenvalue weighted by molar-refractivity contribution is 5.82. The minimum absolute atomic E-state index is 0.368. The molecule has 0 amide bonds. The van der Waals surface area contributed by atoms with E-state index >= 15 is 0 Å². The molecule has 1 aromatic rings. The molecule has 0 aliphatic carbocycles. The zero-order chi connectivity index (χ0) is 13.6. The Kier molecular flexibility index (Phi) is 5.13. The summed E-state index contributed by atoms with van der Waals surface area (Å²) in [6.45, 7) is 3.89. The Morgan fingerprint density at radius 2 is 1.94 bits per heavy atom. The molecule has 0 bridgehead atoms. The lowest BCUT2D eigenvalue weighted by Crippen LogP contribution is -2.46. The molecule has 0 radical (unpaired) electrons. The van der Waals surface area contributed by atoms with Crippen LogP contribution in [0.4, 0.5) is 10.1 Å². The van der Waals surface area contributed by atoms with Gasteiger partial charge >= 0.3 is 5.97 Å². The van der Waals surface area contributed by atoms with E-state index in [1.807, 2.05) is 13.8 Å². The highest BCUT2D eigenvalue weighted by Gasteiger charge is 2.36. The van der Waals surface area contributed by atoms with Crippen LogP contribution in [-0.4, -0.2) is 16.6 Å². The summed E-state index contributed by atoms with van der Waals surface area (Å²) in [7, 11) is 0. The summed E-state index contributed by atoms with van der Waals surface area (Å²) in [6, 6.07) is 5.92. The van der Waals surface area contributed by atoms with E-state index in [2.05, 4.69) is 5.32 Å². The van der Waals surface area contributed by atoms with E-state index in [0.29, 0.717) is 18.5 Å². The van der Waals surface area contributed by atoms with Crippen LogP contribution in [0.3, 0.4) is 0 Å².